The first-order valence-corrected chi connectivity index (χ1v) is 9.63. The zero-order valence-corrected chi connectivity index (χ0v) is 19.6. The largest absolute Gasteiger partial charge is 0.349 e. The Hall–Kier alpha value is -1.95. The molecule has 30 heavy (non-hydrogen) atoms. The number of benzene rings is 1. The van der Waals surface area contributed by atoms with Gasteiger partial charge in [0.25, 0.3) is 0 Å². The first-order chi connectivity index (χ1) is 14.0. The maximum atomic E-state index is 12.9. The summed E-state index contributed by atoms with van der Waals surface area (Å²) in [5.74, 6) is 0.876. The summed E-state index contributed by atoms with van der Waals surface area (Å²) in [5.41, 5.74) is 0.886. The van der Waals surface area contributed by atoms with Gasteiger partial charge in [0.05, 0.1) is 13.0 Å². The Bertz CT molecular complexity index is 870. The van der Waals surface area contributed by atoms with Crippen LogP contribution in [0.15, 0.2) is 41.7 Å². The molecule has 3 rings (SSSR count). The van der Waals surface area contributed by atoms with Crippen LogP contribution >= 0.6 is 35.6 Å². The van der Waals surface area contributed by atoms with Gasteiger partial charge in [0, 0.05) is 50.6 Å². The minimum absolute atomic E-state index is 0. The molecule has 0 radical (unpaired) electrons. The Morgan fingerprint density at radius 2 is 1.97 bits per heavy atom. The maximum absolute atomic E-state index is 12.9. The molecule has 1 amide bonds. The third-order valence-electron chi connectivity index (χ3n) is 4.75. The van der Waals surface area contributed by atoms with Gasteiger partial charge in [-0.1, -0.05) is 23.7 Å². The molecule has 1 N–H and O–H groups in total. The lowest BCUT2D eigenvalue weighted by molar-refractivity contribution is -0.131. The molecule has 1 fully saturated rings. The fourth-order valence-electron chi connectivity index (χ4n) is 3.25. The van der Waals surface area contributed by atoms with Crippen LogP contribution < -0.4 is 5.32 Å². The van der Waals surface area contributed by atoms with E-state index in [2.05, 4.69) is 15.3 Å². The van der Waals surface area contributed by atoms with Crippen LogP contribution in [0.2, 0.25) is 5.02 Å². The van der Waals surface area contributed by atoms with E-state index in [1.807, 2.05) is 21.9 Å². The standard InChI is InChI=1S/C19H23ClF2N6O.HI/c1-23-19(25-13-16-24-5-6-28(16)18(21)22)27-9-7-26(8-10-27)17(29)12-14-3-2-4-15(20)11-14;/h2-6,11,18H,7-10,12-13H2,1H3,(H,23,25);1H. The van der Waals surface area contributed by atoms with Gasteiger partial charge < -0.3 is 15.1 Å². The Kier molecular flexibility index (Phi) is 9.28. The number of piperazine rings is 1. The molecule has 1 aliphatic heterocycles. The van der Waals surface area contributed by atoms with Crippen molar-refractivity contribution in [3.8, 4) is 0 Å². The second-order valence-corrected chi connectivity index (χ2v) is 7.04. The number of carbonyl (C=O) groups is 1. The van der Waals surface area contributed by atoms with E-state index in [9.17, 15) is 13.6 Å². The zero-order chi connectivity index (χ0) is 20.8. The normalized spacial score (nSPS) is 14.6. The number of guanidine groups is 1. The highest BCUT2D eigenvalue weighted by Gasteiger charge is 2.23. The molecular weight excluding hydrogens is 529 g/mol. The molecule has 0 aliphatic carbocycles. The highest BCUT2D eigenvalue weighted by molar-refractivity contribution is 14.0. The first kappa shape index (κ1) is 24.3. The molecule has 1 aliphatic rings. The van der Waals surface area contributed by atoms with E-state index < -0.39 is 6.55 Å². The number of hydrogen-bond donors (Lipinski definition) is 1. The lowest BCUT2D eigenvalue weighted by atomic mass is 10.1. The number of alkyl halides is 2. The van der Waals surface area contributed by atoms with Crippen molar-refractivity contribution >= 4 is 47.4 Å². The Labute approximate surface area is 196 Å². The minimum atomic E-state index is -2.63. The van der Waals surface area contributed by atoms with Crippen molar-refractivity contribution in [2.24, 2.45) is 4.99 Å². The second-order valence-electron chi connectivity index (χ2n) is 6.60. The second kappa shape index (κ2) is 11.4. The number of amides is 1. The van der Waals surface area contributed by atoms with Crippen molar-refractivity contribution in [3.05, 3.63) is 53.1 Å². The fraction of sp³-hybridized carbons (Fsp3) is 0.421. The number of aromatic nitrogens is 2. The number of halogens is 4. The lowest BCUT2D eigenvalue weighted by Crippen LogP contribution is -2.54. The Balaban J connectivity index is 0.00000320. The highest BCUT2D eigenvalue weighted by Crippen LogP contribution is 2.14. The molecule has 11 heteroatoms. The van der Waals surface area contributed by atoms with Gasteiger partial charge in [-0.3, -0.25) is 14.4 Å². The SMILES string of the molecule is CN=C(NCc1nccn1C(F)F)N1CCN(C(=O)Cc2cccc(Cl)c2)CC1.I. The number of nitrogens with one attached hydrogen (secondary N) is 1. The van der Waals surface area contributed by atoms with Crippen molar-refractivity contribution in [2.45, 2.75) is 19.5 Å². The van der Waals surface area contributed by atoms with E-state index in [1.54, 1.807) is 19.2 Å². The van der Waals surface area contributed by atoms with Gasteiger partial charge in [0.15, 0.2) is 5.96 Å². The quantitative estimate of drug-likeness (QED) is 0.352. The predicted molar refractivity (Wildman–Crippen MR) is 122 cm³/mol. The molecule has 0 bridgehead atoms. The van der Waals surface area contributed by atoms with Crippen LogP contribution in [-0.2, 0) is 17.8 Å². The van der Waals surface area contributed by atoms with Gasteiger partial charge in [0.1, 0.15) is 5.82 Å². The van der Waals surface area contributed by atoms with E-state index in [1.165, 1.54) is 12.4 Å². The topological polar surface area (TPSA) is 65.8 Å². The van der Waals surface area contributed by atoms with Crippen LogP contribution in [0, 0.1) is 0 Å². The van der Waals surface area contributed by atoms with Crippen LogP contribution in [0.3, 0.4) is 0 Å². The predicted octanol–water partition coefficient (Wildman–Crippen LogP) is 3.01. The number of nitrogens with zero attached hydrogens (tertiary/aromatic N) is 5. The third kappa shape index (κ3) is 6.27. The molecule has 1 saturated heterocycles. The van der Waals surface area contributed by atoms with Crippen LogP contribution in [0.25, 0.3) is 0 Å². The van der Waals surface area contributed by atoms with Crippen LogP contribution in [0.1, 0.15) is 17.9 Å². The van der Waals surface area contributed by atoms with E-state index >= 15 is 0 Å². The fourth-order valence-corrected chi connectivity index (χ4v) is 3.46. The molecule has 0 unspecified atom stereocenters. The van der Waals surface area contributed by atoms with Crippen LogP contribution in [-0.4, -0.2) is 64.4 Å². The summed E-state index contributed by atoms with van der Waals surface area (Å²) < 4.78 is 26.7. The summed E-state index contributed by atoms with van der Waals surface area (Å²) in [7, 11) is 1.64. The van der Waals surface area contributed by atoms with Crippen molar-refractivity contribution in [1.29, 1.82) is 0 Å². The summed E-state index contributed by atoms with van der Waals surface area (Å²) in [5, 5.41) is 3.68. The van der Waals surface area contributed by atoms with E-state index in [-0.39, 0.29) is 42.3 Å². The number of carbonyl (C=O) groups excluding carboxylic acids is 1. The first-order valence-electron chi connectivity index (χ1n) is 9.25. The Morgan fingerprint density at radius 3 is 2.60 bits per heavy atom. The smallest absolute Gasteiger partial charge is 0.319 e. The zero-order valence-electron chi connectivity index (χ0n) is 16.5. The minimum Gasteiger partial charge on any atom is -0.349 e. The average Bonchev–Trinajstić information content (AvgIpc) is 3.18. The van der Waals surface area contributed by atoms with Gasteiger partial charge in [-0.2, -0.15) is 8.78 Å². The van der Waals surface area contributed by atoms with Crippen molar-refractivity contribution in [1.82, 2.24) is 24.7 Å². The molecule has 2 aromatic rings. The molecule has 2 heterocycles. The van der Waals surface area contributed by atoms with Gasteiger partial charge in [-0.05, 0) is 17.7 Å². The Morgan fingerprint density at radius 1 is 1.27 bits per heavy atom. The van der Waals surface area contributed by atoms with Gasteiger partial charge in [-0.25, -0.2) is 4.98 Å². The summed E-state index contributed by atoms with van der Waals surface area (Å²) in [4.78, 5) is 24.5. The molecule has 0 saturated carbocycles. The summed E-state index contributed by atoms with van der Waals surface area (Å²) in [6, 6.07) is 7.29. The van der Waals surface area contributed by atoms with Gasteiger partial charge in [0.2, 0.25) is 5.91 Å². The molecule has 1 aromatic carbocycles. The molecule has 164 valence electrons. The van der Waals surface area contributed by atoms with Crippen molar-refractivity contribution in [2.75, 3.05) is 33.2 Å². The van der Waals surface area contributed by atoms with E-state index in [0.29, 0.717) is 43.6 Å². The number of aliphatic imine (C=N–C) groups is 1. The molecule has 0 atom stereocenters. The van der Waals surface area contributed by atoms with Crippen LogP contribution in [0.5, 0.6) is 0 Å². The molecule has 7 nitrogen and oxygen atoms in total. The monoisotopic (exact) mass is 552 g/mol. The van der Waals surface area contributed by atoms with Gasteiger partial charge in [-0.15, -0.1) is 24.0 Å². The van der Waals surface area contributed by atoms with E-state index in [4.69, 9.17) is 11.6 Å². The number of hydrogen-bond acceptors (Lipinski definition) is 3. The van der Waals surface area contributed by atoms with Crippen molar-refractivity contribution < 1.29 is 13.6 Å². The average molecular weight is 553 g/mol. The molecule has 1 aromatic heterocycles. The maximum Gasteiger partial charge on any atom is 0.319 e. The van der Waals surface area contributed by atoms with E-state index in [0.717, 1.165) is 10.1 Å². The molecule has 0 spiro atoms. The van der Waals surface area contributed by atoms with Crippen molar-refractivity contribution in [3.63, 3.8) is 0 Å². The number of imidazole rings is 1. The van der Waals surface area contributed by atoms with Gasteiger partial charge >= 0.3 is 6.55 Å². The summed E-state index contributed by atoms with van der Waals surface area (Å²) in [6.45, 7) is -0.172. The highest BCUT2D eigenvalue weighted by atomic mass is 127. The molecular formula is C19H24ClF2IN6O. The summed E-state index contributed by atoms with van der Waals surface area (Å²) >= 11 is 5.98. The lowest BCUT2D eigenvalue weighted by Gasteiger charge is -2.36. The van der Waals surface area contributed by atoms with Crippen LogP contribution in [0.4, 0.5) is 8.78 Å². The summed E-state index contributed by atoms with van der Waals surface area (Å²) in [6.07, 6.45) is 2.90. The third-order valence-corrected chi connectivity index (χ3v) is 4.99. The number of rotatable bonds is 5.